The fourth-order valence-corrected chi connectivity index (χ4v) is 2.14. The molecule has 2 N–H and O–H groups in total. The average Bonchev–Trinajstić information content (AvgIpc) is 2.13. The molecule has 2 rings (SSSR count). The zero-order valence-electron chi connectivity index (χ0n) is 9.00. The molecule has 1 heterocycles. The van der Waals surface area contributed by atoms with Crippen molar-refractivity contribution in [2.75, 3.05) is 0 Å². The third-order valence-electron chi connectivity index (χ3n) is 2.88. The Morgan fingerprint density at radius 3 is 2.73 bits per heavy atom. The Morgan fingerprint density at radius 2 is 2.20 bits per heavy atom. The van der Waals surface area contributed by atoms with Crippen molar-refractivity contribution in [3.05, 3.63) is 35.6 Å². The Morgan fingerprint density at radius 1 is 1.53 bits per heavy atom. The first-order valence-corrected chi connectivity index (χ1v) is 5.19. The van der Waals surface area contributed by atoms with Crippen LogP contribution in [-0.4, -0.2) is 16.7 Å². The molecule has 1 fully saturated rings. The molecule has 1 aromatic carbocycles. The fraction of sp³-hybridized carbons (Fsp3) is 0.500. The molecule has 2 atom stereocenters. The number of benzene rings is 1. The van der Waals surface area contributed by atoms with E-state index in [1.165, 1.54) is 12.1 Å². The highest BCUT2D eigenvalue weighted by Gasteiger charge is 2.39. The first kappa shape index (κ1) is 10.6. The van der Waals surface area contributed by atoms with Crippen LogP contribution in [0.1, 0.15) is 31.9 Å². The Labute approximate surface area is 89.1 Å². The lowest BCUT2D eigenvalue weighted by atomic mass is 9.80. The van der Waals surface area contributed by atoms with E-state index in [0.29, 0.717) is 5.56 Å². The standard InChI is InChI=1S/C12H16FNO/c1-12(2)7-10(14-12)11(15)8-4-3-5-9(13)6-8/h3-6,10-11,14-15H,7H2,1-2H3/t10?,11-/m1/s1. The van der Waals surface area contributed by atoms with Crippen molar-refractivity contribution in [2.24, 2.45) is 0 Å². The second-order valence-electron chi connectivity index (χ2n) is 4.84. The minimum Gasteiger partial charge on any atom is -0.387 e. The highest BCUT2D eigenvalue weighted by Crippen LogP contribution is 2.32. The van der Waals surface area contributed by atoms with Gasteiger partial charge in [0.1, 0.15) is 5.82 Å². The molecular weight excluding hydrogens is 193 g/mol. The van der Waals surface area contributed by atoms with E-state index in [-0.39, 0.29) is 17.4 Å². The minimum absolute atomic E-state index is 0.0433. The van der Waals surface area contributed by atoms with Gasteiger partial charge in [-0.2, -0.15) is 0 Å². The second kappa shape index (κ2) is 3.58. The number of nitrogens with one attached hydrogen (secondary N) is 1. The molecular formula is C12H16FNO. The van der Waals surface area contributed by atoms with Gasteiger partial charge in [0.05, 0.1) is 6.10 Å². The third-order valence-corrected chi connectivity index (χ3v) is 2.88. The van der Waals surface area contributed by atoms with E-state index < -0.39 is 6.10 Å². The molecule has 0 radical (unpaired) electrons. The van der Waals surface area contributed by atoms with E-state index in [0.717, 1.165) is 6.42 Å². The van der Waals surface area contributed by atoms with Crippen molar-refractivity contribution >= 4 is 0 Å². The van der Waals surface area contributed by atoms with E-state index in [1.54, 1.807) is 12.1 Å². The Kier molecular flexibility index (Phi) is 2.52. The maximum Gasteiger partial charge on any atom is 0.123 e. The lowest BCUT2D eigenvalue weighted by Crippen LogP contribution is -2.61. The zero-order chi connectivity index (χ0) is 11.1. The Balaban J connectivity index is 2.06. The number of hydrogen-bond acceptors (Lipinski definition) is 2. The SMILES string of the molecule is CC1(C)CC([C@H](O)c2cccc(F)c2)N1. The van der Waals surface area contributed by atoms with E-state index in [1.807, 2.05) is 0 Å². The summed E-state index contributed by atoms with van der Waals surface area (Å²) in [7, 11) is 0. The zero-order valence-corrected chi connectivity index (χ0v) is 9.00. The summed E-state index contributed by atoms with van der Waals surface area (Å²) in [6, 6.07) is 6.19. The van der Waals surface area contributed by atoms with Gasteiger partial charge in [-0.15, -0.1) is 0 Å². The van der Waals surface area contributed by atoms with Gasteiger partial charge >= 0.3 is 0 Å². The molecule has 1 aliphatic heterocycles. The van der Waals surface area contributed by atoms with Gasteiger partial charge in [-0.1, -0.05) is 12.1 Å². The van der Waals surface area contributed by atoms with Crippen LogP contribution in [0.3, 0.4) is 0 Å². The van der Waals surface area contributed by atoms with Crippen molar-refractivity contribution in [2.45, 2.75) is 38.0 Å². The lowest BCUT2D eigenvalue weighted by molar-refractivity contribution is 0.0388. The summed E-state index contributed by atoms with van der Waals surface area (Å²) in [6.45, 7) is 4.17. The van der Waals surface area contributed by atoms with Crippen molar-refractivity contribution in [3.8, 4) is 0 Å². The highest BCUT2D eigenvalue weighted by atomic mass is 19.1. The predicted molar refractivity (Wildman–Crippen MR) is 57.0 cm³/mol. The number of hydrogen-bond donors (Lipinski definition) is 2. The molecule has 82 valence electrons. The van der Waals surface area contributed by atoms with E-state index in [2.05, 4.69) is 19.2 Å². The van der Waals surface area contributed by atoms with Crippen molar-refractivity contribution in [1.82, 2.24) is 5.32 Å². The molecule has 1 aromatic rings. The number of rotatable bonds is 2. The molecule has 0 amide bonds. The minimum atomic E-state index is -0.617. The van der Waals surface area contributed by atoms with Crippen LogP contribution in [0.2, 0.25) is 0 Å². The molecule has 0 aromatic heterocycles. The van der Waals surface area contributed by atoms with Crippen LogP contribution >= 0.6 is 0 Å². The number of halogens is 1. The van der Waals surface area contributed by atoms with Crippen molar-refractivity contribution in [3.63, 3.8) is 0 Å². The van der Waals surface area contributed by atoms with Crippen LogP contribution in [0.15, 0.2) is 24.3 Å². The van der Waals surface area contributed by atoms with Crippen molar-refractivity contribution < 1.29 is 9.50 Å². The maximum absolute atomic E-state index is 12.9. The monoisotopic (exact) mass is 209 g/mol. The van der Waals surface area contributed by atoms with E-state index in [9.17, 15) is 9.50 Å². The van der Waals surface area contributed by atoms with Crippen LogP contribution in [0.4, 0.5) is 4.39 Å². The molecule has 15 heavy (non-hydrogen) atoms. The smallest absolute Gasteiger partial charge is 0.123 e. The molecule has 1 aliphatic rings. The Bertz CT molecular complexity index is 356. The summed E-state index contributed by atoms with van der Waals surface area (Å²) >= 11 is 0. The molecule has 0 spiro atoms. The van der Waals surface area contributed by atoms with E-state index >= 15 is 0 Å². The summed E-state index contributed by atoms with van der Waals surface area (Å²) in [5.74, 6) is -0.301. The summed E-state index contributed by atoms with van der Waals surface area (Å²) in [5, 5.41) is 13.2. The van der Waals surface area contributed by atoms with Crippen LogP contribution in [0.5, 0.6) is 0 Å². The maximum atomic E-state index is 12.9. The first-order chi connectivity index (χ1) is 6.98. The van der Waals surface area contributed by atoms with Gasteiger partial charge in [0.25, 0.3) is 0 Å². The molecule has 0 saturated carbocycles. The van der Waals surface area contributed by atoms with Gasteiger partial charge in [-0.05, 0) is 38.0 Å². The third kappa shape index (κ3) is 2.19. The summed E-state index contributed by atoms with van der Waals surface area (Å²) < 4.78 is 12.9. The average molecular weight is 209 g/mol. The Hall–Kier alpha value is -0.930. The largest absolute Gasteiger partial charge is 0.387 e. The molecule has 0 bridgehead atoms. The summed E-state index contributed by atoms with van der Waals surface area (Å²) in [4.78, 5) is 0. The predicted octanol–water partition coefficient (Wildman–Crippen LogP) is 2.00. The second-order valence-corrected chi connectivity index (χ2v) is 4.84. The van der Waals surface area contributed by atoms with Gasteiger partial charge in [0.15, 0.2) is 0 Å². The molecule has 3 heteroatoms. The molecule has 0 aliphatic carbocycles. The van der Waals surface area contributed by atoms with Gasteiger partial charge in [0, 0.05) is 11.6 Å². The summed E-state index contributed by atoms with van der Waals surface area (Å²) in [6.07, 6.45) is 0.290. The highest BCUT2D eigenvalue weighted by molar-refractivity contribution is 5.22. The first-order valence-electron chi connectivity index (χ1n) is 5.19. The van der Waals surface area contributed by atoms with Crippen LogP contribution in [0, 0.1) is 5.82 Å². The van der Waals surface area contributed by atoms with Crippen LogP contribution < -0.4 is 5.32 Å². The van der Waals surface area contributed by atoms with Crippen LogP contribution in [0.25, 0.3) is 0 Å². The van der Waals surface area contributed by atoms with Gasteiger partial charge in [-0.25, -0.2) is 4.39 Å². The van der Waals surface area contributed by atoms with E-state index in [4.69, 9.17) is 0 Å². The lowest BCUT2D eigenvalue weighted by Gasteiger charge is -2.46. The summed E-state index contributed by atoms with van der Waals surface area (Å²) in [5.41, 5.74) is 0.738. The molecule has 1 unspecified atom stereocenters. The normalized spacial score (nSPS) is 25.7. The number of aliphatic hydroxyl groups is 1. The van der Waals surface area contributed by atoms with Crippen molar-refractivity contribution in [1.29, 1.82) is 0 Å². The van der Waals surface area contributed by atoms with Crippen LogP contribution in [-0.2, 0) is 0 Å². The van der Waals surface area contributed by atoms with Gasteiger partial charge in [0.2, 0.25) is 0 Å². The molecule has 1 saturated heterocycles. The van der Waals surface area contributed by atoms with Gasteiger partial charge < -0.3 is 10.4 Å². The van der Waals surface area contributed by atoms with Gasteiger partial charge in [-0.3, -0.25) is 0 Å². The fourth-order valence-electron chi connectivity index (χ4n) is 2.14. The quantitative estimate of drug-likeness (QED) is 0.780. The topological polar surface area (TPSA) is 32.3 Å². The molecule has 2 nitrogen and oxygen atoms in total. The number of aliphatic hydroxyl groups excluding tert-OH is 1.